The number of carbonyl (C=O) groups is 1. The lowest BCUT2D eigenvalue weighted by Gasteiger charge is -2.09. The number of ketones is 1. The van der Waals surface area contributed by atoms with Crippen LogP contribution < -0.4 is 9.47 Å². The van der Waals surface area contributed by atoms with E-state index in [1.165, 1.54) is 13.4 Å². The summed E-state index contributed by atoms with van der Waals surface area (Å²) in [7, 11) is 3.06. The molecule has 2 aromatic rings. The van der Waals surface area contributed by atoms with Gasteiger partial charge in [0.2, 0.25) is 5.78 Å². The maximum atomic E-state index is 12.5. The number of hydrogen-bond acceptors (Lipinski definition) is 5. The minimum absolute atomic E-state index is 0.241. The van der Waals surface area contributed by atoms with Gasteiger partial charge in [-0.2, -0.15) is 5.10 Å². The summed E-state index contributed by atoms with van der Waals surface area (Å²) in [5.74, 6) is 1.12. The Hall–Kier alpha value is -2.37. The third-order valence-corrected chi connectivity index (χ3v) is 2.77. The maximum absolute atomic E-state index is 12.5. The molecule has 1 aromatic carbocycles. The average molecular weight is 261 g/mol. The molecule has 0 aliphatic heterocycles. The van der Waals surface area contributed by atoms with Crippen LogP contribution in [-0.4, -0.2) is 34.8 Å². The first kappa shape index (κ1) is 13.1. The summed E-state index contributed by atoms with van der Waals surface area (Å²) in [5, 5.41) is 3.99. The fraction of sp³-hybridized carbons (Fsp3) is 0.308. The molecule has 6 nitrogen and oxygen atoms in total. The standard InChI is InChI=1S/C13H15N3O3/c1-4-16-13(14-8-15-16)12(17)10-7-9(18-2)5-6-11(10)19-3/h5-8H,4H2,1-3H3. The van der Waals surface area contributed by atoms with Gasteiger partial charge in [0.25, 0.3) is 0 Å². The van der Waals surface area contributed by atoms with Crippen LogP contribution in [0.5, 0.6) is 11.5 Å². The second-order valence-corrected chi connectivity index (χ2v) is 3.79. The van der Waals surface area contributed by atoms with Crippen LogP contribution in [0, 0.1) is 0 Å². The topological polar surface area (TPSA) is 66.2 Å². The summed E-state index contributed by atoms with van der Waals surface area (Å²) < 4.78 is 11.9. The lowest BCUT2D eigenvalue weighted by molar-refractivity contribution is 0.102. The maximum Gasteiger partial charge on any atom is 0.233 e. The van der Waals surface area contributed by atoms with Crippen molar-refractivity contribution in [3.8, 4) is 11.5 Å². The molecule has 6 heteroatoms. The number of nitrogens with zero attached hydrogens (tertiary/aromatic N) is 3. The number of benzene rings is 1. The molecule has 0 fully saturated rings. The van der Waals surface area contributed by atoms with Gasteiger partial charge in [0.1, 0.15) is 17.8 Å². The molecule has 0 atom stereocenters. The van der Waals surface area contributed by atoms with Gasteiger partial charge >= 0.3 is 0 Å². The zero-order valence-corrected chi connectivity index (χ0v) is 11.1. The molecule has 0 N–H and O–H groups in total. The largest absolute Gasteiger partial charge is 0.497 e. The summed E-state index contributed by atoms with van der Waals surface area (Å²) in [4.78, 5) is 16.5. The molecular weight excluding hydrogens is 246 g/mol. The van der Waals surface area contributed by atoms with Gasteiger partial charge in [-0.15, -0.1) is 0 Å². The normalized spacial score (nSPS) is 10.3. The highest BCUT2D eigenvalue weighted by Gasteiger charge is 2.20. The third kappa shape index (κ3) is 2.42. The van der Waals surface area contributed by atoms with Crippen molar-refractivity contribution in [2.24, 2.45) is 0 Å². The Balaban J connectivity index is 2.48. The van der Waals surface area contributed by atoms with Crippen molar-refractivity contribution in [2.75, 3.05) is 14.2 Å². The molecule has 0 saturated carbocycles. The van der Waals surface area contributed by atoms with Crippen molar-refractivity contribution in [3.05, 3.63) is 35.9 Å². The first-order valence-corrected chi connectivity index (χ1v) is 5.85. The molecule has 19 heavy (non-hydrogen) atoms. The summed E-state index contributed by atoms with van der Waals surface area (Å²) >= 11 is 0. The molecule has 0 spiro atoms. The lowest BCUT2D eigenvalue weighted by atomic mass is 10.1. The number of aryl methyl sites for hydroxylation is 1. The van der Waals surface area contributed by atoms with Gasteiger partial charge in [0, 0.05) is 6.54 Å². The second kappa shape index (κ2) is 5.51. The van der Waals surface area contributed by atoms with E-state index in [-0.39, 0.29) is 11.6 Å². The number of aromatic nitrogens is 3. The molecule has 0 aliphatic carbocycles. The van der Waals surface area contributed by atoms with Crippen molar-refractivity contribution >= 4 is 5.78 Å². The van der Waals surface area contributed by atoms with Gasteiger partial charge in [-0.3, -0.25) is 4.79 Å². The Kier molecular flexibility index (Phi) is 3.79. The minimum atomic E-state index is -0.241. The first-order valence-electron chi connectivity index (χ1n) is 5.85. The van der Waals surface area contributed by atoms with Crippen LogP contribution in [0.15, 0.2) is 24.5 Å². The first-order chi connectivity index (χ1) is 9.21. The highest BCUT2D eigenvalue weighted by Crippen LogP contribution is 2.25. The monoisotopic (exact) mass is 261 g/mol. The van der Waals surface area contributed by atoms with E-state index in [4.69, 9.17) is 9.47 Å². The quantitative estimate of drug-likeness (QED) is 0.764. The molecule has 1 aromatic heterocycles. The van der Waals surface area contributed by atoms with E-state index in [1.807, 2.05) is 6.92 Å². The summed E-state index contributed by atoms with van der Waals surface area (Å²) in [6.07, 6.45) is 1.36. The number of hydrogen-bond donors (Lipinski definition) is 0. The highest BCUT2D eigenvalue weighted by molar-refractivity contribution is 6.08. The molecule has 0 unspecified atom stereocenters. The molecule has 0 saturated heterocycles. The van der Waals surface area contributed by atoms with Crippen LogP contribution >= 0.6 is 0 Å². The minimum Gasteiger partial charge on any atom is -0.497 e. The van der Waals surface area contributed by atoms with Crippen LogP contribution in [0.25, 0.3) is 0 Å². The Labute approximate surface area is 111 Å². The predicted octanol–water partition coefficient (Wildman–Crippen LogP) is 1.55. The molecule has 1 heterocycles. The fourth-order valence-corrected chi connectivity index (χ4v) is 1.78. The SMILES string of the molecule is CCn1ncnc1C(=O)c1cc(OC)ccc1OC. The van der Waals surface area contributed by atoms with Crippen molar-refractivity contribution in [1.82, 2.24) is 14.8 Å². The van der Waals surface area contributed by atoms with E-state index in [1.54, 1.807) is 30.0 Å². The second-order valence-electron chi connectivity index (χ2n) is 3.79. The highest BCUT2D eigenvalue weighted by atomic mass is 16.5. The molecule has 0 bridgehead atoms. The molecule has 0 radical (unpaired) electrons. The molecular formula is C13H15N3O3. The Morgan fingerprint density at radius 3 is 2.74 bits per heavy atom. The van der Waals surface area contributed by atoms with Gasteiger partial charge in [-0.1, -0.05) is 0 Å². The average Bonchev–Trinajstić information content (AvgIpc) is 2.94. The molecule has 0 aliphatic rings. The predicted molar refractivity (Wildman–Crippen MR) is 68.7 cm³/mol. The van der Waals surface area contributed by atoms with Crippen LogP contribution in [-0.2, 0) is 6.54 Å². The van der Waals surface area contributed by atoms with Gasteiger partial charge < -0.3 is 9.47 Å². The van der Waals surface area contributed by atoms with Gasteiger partial charge in [0.15, 0.2) is 5.82 Å². The number of rotatable bonds is 5. The molecule has 2 rings (SSSR count). The molecule has 100 valence electrons. The Morgan fingerprint density at radius 1 is 1.32 bits per heavy atom. The van der Waals surface area contributed by atoms with Crippen molar-refractivity contribution in [2.45, 2.75) is 13.5 Å². The van der Waals surface area contributed by atoms with Crippen LogP contribution in [0.4, 0.5) is 0 Å². The van der Waals surface area contributed by atoms with Crippen LogP contribution in [0.2, 0.25) is 0 Å². The summed E-state index contributed by atoms with van der Waals surface area (Å²) in [5.41, 5.74) is 0.407. The van der Waals surface area contributed by atoms with Crippen molar-refractivity contribution in [3.63, 3.8) is 0 Å². The Morgan fingerprint density at radius 2 is 2.11 bits per heavy atom. The zero-order chi connectivity index (χ0) is 13.8. The van der Waals surface area contributed by atoms with Crippen LogP contribution in [0.1, 0.15) is 23.1 Å². The molecule has 0 amide bonds. The lowest BCUT2D eigenvalue weighted by Crippen LogP contribution is -2.13. The van der Waals surface area contributed by atoms with Crippen molar-refractivity contribution < 1.29 is 14.3 Å². The van der Waals surface area contributed by atoms with Gasteiger partial charge in [-0.25, -0.2) is 9.67 Å². The van der Waals surface area contributed by atoms with E-state index >= 15 is 0 Å². The number of methoxy groups -OCH3 is 2. The Bertz CT molecular complexity index is 593. The number of carbonyl (C=O) groups excluding carboxylic acids is 1. The third-order valence-electron chi connectivity index (χ3n) is 2.77. The van der Waals surface area contributed by atoms with E-state index in [0.29, 0.717) is 23.6 Å². The van der Waals surface area contributed by atoms with Gasteiger partial charge in [0.05, 0.1) is 19.8 Å². The van der Waals surface area contributed by atoms with Crippen molar-refractivity contribution in [1.29, 1.82) is 0 Å². The summed E-state index contributed by atoms with van der Waals surface area (Å²) in [6, 6.07) is 5.06. The van der Waals surface area contributed by atoms with E-state index < -0.39 is 0 Å². The summed E-state index contributed by atoms with van der Waals surface area (Å²) in [6.45, 7) is 2.47. The fourth-order valence-electron chi connectivity index (χ4n) is 1.78. The van der Waals surface area contributed by atoms with Gasteiger partial charge in [-0.05, 0) is 25.1 Å². The van der Waals surface area contributed by atoms with E-state index in [0.717, 1.165) is 0 Å². The number of ether oxygens (including phenoxy) is 2. The zero-order valence-electron chi connectivity index (χ0n) is 11.1. The van der Waals surface area contributed by atoms with E-state index in [2.05, 4.69) is 10.1 Å². The smallest absolute Gasteiger partial charge is 0.233 e. The van der Waals surface area contributed by atoms with Crippen LogP contribution in [0.3, 0.4) is 0 Å². The van der Waals surface area contributed by atoms with E-state index in [9.17, 15) is 4.79 Å².